The summed E-state index contributed by atoms with van der Waals surface area (Å²) in [5, 5.41) is 8.84. The lowest BCUT2D eigenvalue weighted by atomic mass is 9.92. The third-order valence-electron chi connectivity index (χ3n) is 4.75. The van der Waals surface area contributed by atoms with Gasteiger partial charge in [-0.1, -0.05) is 33.1 Å². The van der Waals surface area contributed by atoms with E-state index in [-0.39, 0.29) is 11.8 Å². The van der Waals surface area contributed by atoms with E-state index >= 15 is 0 Å². The van der Waals surface area contributed by atoms with E-state index in [2.05, 4.69) is 16.0 Å². The summed E-state index contributed by atoms with van der Waals surface area (Å²) in [7, 11) is 0. The lowest BCUT2D eigenvalue weighted by Gasteiger charge is -2.21. The van der Waals surface area contributed by atoms with Crippen molar-refractivity contribution in [2.75, 3.05) is 19.6 Å². The van der Waals surface area contributed by atoms with Crippen LogP contribution in [-0.4, -0.2) is 43.3 Å². The Balaban J connectivity index is 2.15. The summed E-state index contributed by atoms with van der Waals surface area (Å²) in [5.74, 6) is 1.02. The molecule has 1 aliphatic rings. The average Bonchev–Trinajstić information content (AvgIpc) is 2.57. The van der Waals surface area contributed by atoms with E-state index in [1.165, 1.54) is 0 Å². The second-order valence-electron chi connectivity index (χ2n) is 7.84. The number of unbranched alkanes of at least 4 members (excludes halogenated alkanes) is 3. The Morgan fingerprint density at radius 3 is 2.58 bits per heavy atom. The number of Topliss-reactive ketones (excluding diaryl/α,β-unsaturated/α-hetero) is 1. The number of likely N-dealkylation sites (N-methyl/N-ethyl adjacent to an activating group) is 1. The number of rotatable bonds is 12. The minimum atomic E-state index is -0.432. The number of carbonyl (C=O) groups is 3. The number of hydrogen-bond acceptors (Lipinski definition) is 4. The highest BCUT2D eigenvalue weighted by molar-refractivity contribution is 5.87. The van der Waals surface area contributed by atoms with Crippen molar-refractivity contribution in [1.29, 1.82) is 0 Å². The summed E-state index contributed by atoms with van der Waals surface area (Å²) in [6.07, 6.45) is 6.98. The molecule has 26 heavy (non-hydrogen) atoms. The molecule has 6 heteroatoms. The van der Waals surface area contributed by atoms with E-state index in [0.717, 1.165) is 38.6 Å². The highest BCUT2D eigenvalue weighted by Crippen LogP contribution is 2.17. The maximum atomic E-state index is 12.1. The SMILES string of the molecule is CCNC(=O)C(CC(C)C)NC(=O)CCCCCCC1CNCC(=O)C1. The topological polar surface area (TPSA) is 87.3 Å². The molecule has 2 atom stereocenters. The fourth-order valence-corrected chi connectivity index (χ4v) is 3.43. The summed E-state index contributed by atoms with van der Waals surface area (Å²) in [6.45, 7) is 8.03. The number of carbonyl (C=O) groups excluding carboxylic acids is 3. The lowest BCUT2D eigenvalue weighted by molar-refractivity contribution is -0.129. The summed E-state index contributed by atoms with van der Waals surface area (Å²) in [6, 6.07) is -0.432. The second kappa shape index (κ2) is 12.8. The Morgan fingerprint density at radius 2 is 1.92 bits per heavy atom. The fraction of sp³-hybridized carbons (Fsp3) is 0.850. The molecule has 1 rings (SSSR count). The van der Waals surface area contributed by atoms with Gasteiger partial charge in [0.2, 0.25) is 11.8 Å². The smallest absolute Gasteiger partial charge is 0.242 e. The van der Waals surface area contributed by atoms with Gasteiger partial charge in [0, 0.05) is 19.4 Å². The first-order valence-corrected chi connectivity index (χ1v) is 10.2. The van der Waals surface area contributed by atoms with Crippen molar-refractivity contribution in [2.45, 2.75) is 78.2 Å². The van der Waals surface area contributed by atoms with Crippen molar-refractivity contribution in [1.82, 2.24) is 16.0 Å². The van der Waals surface area contributed by atoms with Crippen LogP contribution < -0.4 is 16.0 Å². The number of piperidine rings is 1. The van der Waals surface area contributed by atoms with E-state index in [4.69, 9.17) is 0 Å². The van der Waals surface area contributed by atoms with E-state index in [1.807, 2.05) is 20.8 Å². The Labute approximate surface area is 158 Å². The average molecular weight is 368 g/mol. The zero-order valence-electron chi connectivity index (χ0n) is 16.7. The molecule has 0 bridgehead atoms. The molecule has 1 fully saturated rings. The molecule has 0 aromatic rings. The van der Waals surface area contributed by atoms with E-state index in [9.17, 15) is 14.4 Å². The normalized spacial score (nSPS) is 18.6. The molecule has 0 saturated carbocycles. The third-order valence-corrected chi connectivity index (χ3v) is 4.75. The quantitative estimate of drug-likeness (QED) is 0.461. The van der Waals surface area contributed by atoms with Crippen LogP contribution in [0.15, 0.2) is 0 Å². The van der Waals surface area contributed by atoms with Crippen LogP contribution in [0.4, 0.5) is 0 Å². The van der Waals surface area contributed by atoms with Crippen LogP contribution >= 0.6 is 0 Å². The van der Waals surface area contributed by atoms with Gasteiger partial charge in [-0.15, -0.1) is 0 Å². The van der Waals surface area contributed by atoms with Gasteiger partial charge in [0.25, 0.3) is 0 Å². The molecule has 2 amide bonds. The lowest BCUT2D eigenvalue weighted by Crippen LogP contribution is -2.47. The first kappa shape index (κ1) is 22.6. The Kier molecular flexibility index (Phi) is 11.2. The summed E-state index contributed by atoms with van der Waals surface area (Å²) in [4.78, 5) is 35.6. The maximum Gasteiger partial charge on any atom is 0.242 e. The highest BCUT2D eigenvalue weighted by Gasteiger charge is 2.21. The van der Waals surface area contributed by atoms with Gasteiger partial charge in [-0.3, -0.25) is 14.4 Å². The van der Waals surface area contributed by atoms with E-state index < -0.39 is 6.04 Å². The molecule has 1 aliphatic heterocycles. The summed E-state index contributed by atoms with van der Waals surface area (Å²) < 4.78 is 0. The predicted molar refractivity (Wildman–Crippen MR) is 104 cm³/mol. The molecular weight excluding hydrogens is 330 g/mol. The first-order valence-electron chi connectivity index (χ1n) is 10.2. The minimum Gasteiger partial charge on any atom is -0.355 e. The minimum absolute atomic E-state index is 0.0380. The number of hydrogen-bond donors (Lipinski definition) is 3. The molecule has 0 spiro atoms. The molecule has 0 aromatic carbocycles. The van der Waals surface area contributed by atoms with Crippen LogP contribution in [-0.2, 0) is 14.4 Å². The van der Waals surface area contributed by atoms with Crippen molar-refractivity contribution in [2.24, 2.45) is 11.8 Å². The van der Waals surface area contributed by atoms with Crippen LogP contribution in [0.3, 0.4) is 0 Å². The van der Waals surface area contributed by atoms with Gasteiger partial charge in [0.1, 0.15) is 11.8 Å². The van der Waals surface area contributed by atoms with Crippen molar-refractivity contribution in [3.63, 3.8) is 0 Å². The Morgan fingerprint density at radius 1 is 1.19 bits per heavy atom. The van der Waals surface area contributed by atoms with Crippen LogP contribution in [0.25, 0.3) is 0 Å². The van der Waals surface area contributed by atoms with Crippen LogP contribution in [0.5, 0.6) is 0 Å². The second-order valence-corrected chi connectivity index (χ2v) is 7.84. The van der Waals surface area contributed by atoms with Gasteiger partial charge in [-0.2, -0.15) is 0 Å². The summed E-state index contributed by atoms with van der Waals surface area (Å²) in [5.41, 5.74) is 0. The van der Waals surface area contributed by atoms with Gasteiger partial charge < -0.3 is 16.0 Å². The monoisotopic (exact) mass is 367 g/mol. The maximum absolute atomic E-state index is 12.1. The molecule has 3 N–H and O–H groups in total. The number of ketones is 1. The predicted octanol–water partition coefficient (Wildman–Crippen LogP) is 2.17. The van der Waals surface area contributed by atoms with Gasteiger partial charge in [-0.25, -0.2) is 0 Å². The Hall–Kier alpha value is -1.43. The van der Waals surface area contributed by atoms with Gasteiger partial charge in [-0.05, 0) is 44.6 Å². The molecular formula is C20H37N3O3. The third kappa shape index (κ3) is 9.90. The zero-order valence-corrected chi connectivity index (χ0v) is 16.7. The van der Waals surface area contributed by atoms with Gasteiger partial charge in [0.05, 0.1) is 6.54 Å². The van der Waals surface area contributed by atoms with E-state index in [0.29, 0.717) is 50.0 Å². The van der Waals surface area contributed by atoms with Crippen LogP contribution in [0.1, 0.15) is 72.1 Å². The number of amides is 2. The van der Waals surface area contributed by atoms with E-state index in [1.54, 1.807) is 0 Å². The van der Waals surface area contributed by atoms with Crippen molar-refractivity contribution < 1.29 is 14.4 Å². The number of nitrogens with one attached hydrogen (secondary N) is 3. The molecule has 0 aromatic heterocycles. The van der Waals surface area contributed by atoms with Crippen LogP contribution in [0.2, 0.25) is 0 Å². The van der Waals surface area contributed by atoms with Crippen molar-refractivity contribution >= 4 is 17.6 Å². The molecule has 0 radical (unpaired) electrons. The molecule has 150 valence electrons. The fourth-order valence-electron chi connectivity index (χ4n) is 3.43. The highest BCUT2D eigenvalue weighted by atomic mass is 16.2. The van der Waals surface area contributed by atoms with Gasteiger partial charge in [0.15, 0.2) is 0 Å². The molecule has 2 unspecified atom stereocenters. The molecule has 1 saturated heterocycles. The van der Waals surface area contributed by atoms with Crippen molar-refractivity contribution in [3.05, 3.63) is 0 Å². The molecule has 0 aliphatic carbocycles. The van der Waals surface area contributed by atoms with Gasteiger partial charge >= 0.3 is 0 Å². The zero-order chi connectivity index (χ0) is 19.4. The molecule has 6 nitrogen and oxygen atoms in total. The first-order chi connectivity index (χ1) is 12.4. The molecule has 1 heterocycles. The van der Waals surface area contributed by atoms with Crippen LogP contribution in [0, 0.1) is 11.8 Å². The van der Waals surface area contributed by atoms with Crippen molar-refractivity contribution in [3.8, 4) is 0 Å². The standard InChI is InChI=1S/C20H37N3O3/c1-4-22-20(26)18(11-15(2)3)23-19(25)10-8-6-5-7-9-16-12-17(24)14-21-13-16/h15-16,18,21H,4-14H2,1-3H3,(H,22,26)(H,23,25). The summed E-state index contributed by atoms with van der Waals surface area (Å²) >= 11 is 0. The Bertz CT molecular complexity index is 452. The largest absolute Gasteiger partial charge is 0.355 e.